The van der Waals surface area contributed by atoms with E-state index in [0.717, 1.165) is 0 Å². The quantitative estimate of drug-likeness (QED) is 0.421. The Hall–Kier alpha value is -1.53. The van der Waals surface area contributed by atoms with Crippen LogP contribution in [0.15, 0.2) is 0 Å². The van der Waals surface area contributed by atoms with E-state index >= 15 is 0 Å². The molecule has 0 radical (unpaired) electrons. The second-order valence-electron chi connectivity index (χ2n) is 5.89. The van der Waals surface area contributed by atoms with Crippen LogP contribution in [0.5, 0.6) is 0 Å². The third kappa shape index (κ3) is 6.83. The normalized spacial score (nSPS) is 13.6. The SMILES string of the molecule is C[C@@H](CCOC(=O)OC(C)(C)C(C)(C)C)O[N+](=O)[O-]. The molecule has 0 aromatic carbocycles. The maximum absolute atomic E-state index is 11.5. The zero-order valence-electron chi connectivity index (χ0n) is 12.4. The van der Waals surface area contributed by atoms with Gasteiger partial charge in [0.1, 0.15) is 11.7 Å². The zero-order valence-corrected chi connectivity index (χ0v) is 12.4. The van der Waals surface area contributed by atoms with Crippen LogP contribution in [-0.4, -0.2) is 29.6 Å². The minimum absolute atomic E-state index is 0.00800. The monoisotopic (exact) mass is 277 g/mol. The molecule has 0 aliphatic heterocycles. The van der Waals surface area contributed by atoms with Gasteiger partial charge in [-0.2, -0.15) is 0 Å². The van der Waals surface area contributed by atoms with Gasteiger partial charge in [0.25, 0.3) is 5.09 Å². The molecular weight excluding hydrogens is 254 g/mol. The summed E-state index contributed by atoms with van der Waals surface area (Å²) in [4.78, 5) is 25.8. The Morgan fingerprint density at radius 1 is 1.26 bits per heavy atom. The van der Waals surface area contributed by atoms with E-state index in [1.54, 1.807) is 13.8 Å². The van der Waals surface area contributed by atoms with Crippen molar-refractivity contribution in [1.82, 2.24) is 0 Å². The van der Waals surface area contributed by atoms with Gasteiger partial charge in [0.15, 0.2) is 0 Å². The highest BCUT2D eigenvalue weighted by Crippen LogP contribution is 2.33. The van der Waals surface area contributed by atoms with Crippen LogP contribution < -0.4 is 0 Å². The summed E-state index contributed by atoms with van der Waals surface area (Å²) in [6.07, 6.45) is -1.18. The van der Waals surface area contributed by atoms with Crippen molar-refractivity contribution >= 4 is 6.16 Å². The van der Waals surface area contributed by atoms with Crippen LogP contribution in [0.3, 0.4) is 0 Å². The largest absolute Gasteiger partial charge is 0.508 e. The molecule has 0 aliphatic rings. The minimum Gasteiger partial charge on any atom is -0.434 e. The average molecular weight is 277 g/mol. The summed E-state index contributed by atoms with van der Waals surface area (Å²) in [5.41, 5.74) is -0.902. The number of hydrogen-bond acceptors (Lipinski definition) is 6. The van der Waals surface area contributed by atoms with Crippen molar-refractivity contribution in [2.45, 2.75) is 59.7 Å². The fourth-order valence-electron chi connectivity index (χ4n) is 0.899. The van der Waals surface area contributed by atoms with E-state index in [9.17, 15) is 14.9 Å². The van der Waals surface area contributed by atoms with Gasteiger partial charge in [0, 0.05) is 11.8 Å². The molecule has 0 aromatic heterocycles. The maximum atomic E-state index is 11.5. The summed E-state index contributed by atoms with van der Waals surface area (Å²) >= 11 is 0. The molecule has 0 unspecified atom stereocenters. The van der Waals surface area contributed by atoms with E-state index in [1.807, 2.05) is 20.8 Å². The molecule has 0 bridgehead atoms. The van der Waals surface area contributed by atoms with Crippen molar-refractivity contribution in [3.8, 4) is 0 Å². The number of carbonyl (C=O) groups is 1. The summed E-state index contributed by atoms with van der Waals surface area (Å²) in [5, 5.41) is 9.19. The first kappa shape index (κ1) is 17.5. The zero-order chi connectivity index (χ0) is 15.3. The van der Waals surface area contributed by atoms with Gasteiger partial charge >= 0.3 is 6.16 Å². The van der Waals surface area contributed by atoms with Crippen LogP contribution >= 0.6 is 0 Å². The fraction of sp³-hybridized carbons (Fsp3) is 0.917. The standard InChI is InChI=1S/C12H23NO6/c1-9(19-13(15)16)7-8-17-10(14)18-12(5,6)11(2,3)4/h9H,7-8H2,1-6H3/t9-/m0/s1. The molecule has 7 nitrogen and oxygen atoms in total. The molecule has 0 rings (SSSR count). The van der Waals surface area contributed by atoms with Crippen molar-refractivity contribution in [2.75, 3.05) is 6.61 Å². The molecule has 0 spiro atoms. The third-order valence-corrected chi connectivity index (χ3v) is 3.15. The number of carbonyl (C=O) groups excluding carboxylic acids is 1. The maximum Gasteiger partial charge on any atom is 0.508 e. The van der Waals surface area contributed by atoms with Crippen LogP contribution in [0, 0.1) is 15.5 Å². The Kier molecular flexibility index (Phi) is 6.05. The molecule has 0 saturated heterocycles. The Labute approximate surface area is 113 Å². The van der Waals surface area contributed by atoms with Crippen LogP contribution in [0.4, 0.5) is 4.79 Å². The number of nitrogens with zero attached hydrogens (tertiary/aromatic N) is 1. The van der Waals surface area contributed by atoms with Crippen molar-refractivity contribution in [3.05, 3.63) is 10.1 Å². The van der Waals surface area contributed by atoms with Crippen molar-refractivity contribution in [1.29, 1.82) is 0 Å². The van der Waals surface area contributed by atoms with Crippen LogP contribution in [0.1, 0.15) is 48.0 Å². The average Bonchev–Trinajstić information content (AvgIpc) is 2.12. The molecule has 19 heavy (non-hydrogen) atoms. The van der Waals surface area contributed by atoms with E-state index in [-0.39, 0.29) is 18.4 Å². The minimum atomic E-state index is -0.869. The smallest absolute Gasteiger partial charge is 0.434 e. The van der Waals surface area contributed by atoms with Crippen LogP contribution in [-0.2, 0) is 14.3 Å². The molecule has 0 heterocycles. The van der Waals surface area contributed by atoms with Gasteiger partial charge in [-0.3, -0.25) is 0 Å². The molecule has 7 heteroatoms. The van der Waals surface area contributed by atoms with E-state index < -0.39 is 22.9 Å². The predicted molar refractivity (Wildman–Crippen MR) is 68.1 cm³/mol. The Morgan fingerprint density at radius 2 is 1.79 bits per heavy atom. The lowest BCUT2D eigenvalue weighted by molar-refractivity contribution is -0.767. The molecule has 0 amide bonds. The molecule has 0 fully saturated rings. The number of rotatable bonds is 6. The van der Waals surface area contributed by atoms with Crippen molar-refractivity contribution in [2.24, 2.45) is 5.41 Å². The highest BCUT2D eigenvalue weighted by molar-refractivity contribution is 5.60. The van der Waals surface area contributed by atoms with E-state index in [1.165, 1.54) is 6.92 Å². The highest BCUT2D eigenvalue weighted by Gasteiger charge is 2.37. The van der Waals surface area contributed by atoms with Gasteiger partial charge in [-0.25, -0.2) is 4.79 Å². The second-order valence-corrected chi connectivity index (χ2v) is 5.89. The van der Waals surface area contributed by atoms with Gasteiger partial charge in [-0.1, -0.05) is 20.8 Å². The summed E-state index contributed by atoms with van der Waals surface area (Å²) < 4.78 is 10.1. The first-order chi connectivity index (χ1) is 8.45. The van der Waals surface area contributed by atoms with Crippen molar-refractivity contribution < 1.29 is 24.2 Å². The summed E-state index contributed by atoms with van der Waals surface area (Å²) in [5.74, 6) is 0. The molecule has 0 aromatic rings. The topological polar surface area (TPSA) is 87.9 Å². The fourth-order valence-corrected chi connectivity index (χ4v) is 0.899. The Balaban J connectivity index is 4.04. The summed E-state index contributed by atoms with van der Waals surface area (Å²) in [6, 6.07) is 0. The third-order valence-electron chi connectivity index (χ3n) is 3.15. The van der Waals surface area contributed by atoms with E-state index in [0.29, 0.717) is 0 Å². The van der Waals surface area contributed by atoms with Crippen LogP contribution in [0.2, 0.25) is 0 Å². The van der Waals surface area contributed by atoms with Gasteiger partial charge in [0.05, 0.1) is 6.61 Å². The van der Waals surface area contributed by atoms with Crippen molar-refractivity contribution in [3.63, 3.8) is 0 Å². The number of ether oxygens (including phenoxy) is 2. The molecule has 112 valence electrons. The number of hydrogen-bond donors (Lipinski definition) is 0. The van der Waals surface area contributed by atoms with E-state index in [4.69, 9.17) is 9.47 Å². The lowest BCUT2D eigenvalue weighted by Crippen LogP contribution is -2.41. The molecule has 0 saturated carbocycles. The molecular formula is C12H23NO6. The second kappa shape index (κ2) is 6.58. The molecule has 0 N–H and O–H groups in total. The Morgan fingerprint density at radius 3 is 2.21 bits per heavy atom. The first-order valence-corrected chi connectivity index (χ1v) is 6.12. The summed E-state index contributed by atoms with van der Waals surface area (Å²) in [6.45, 7) is 11.0. The molecule has 0 aliphatic carbocycles. The van der Waals surface area contributed by atoms with Gasteiger partial charge in [-0.05, 0) is 20.8 Å². The predicted octanol–water partition coefficient (Wildman–Crippen LogP) is 2.95. The lowest BCUT2D eigenvalue weighted by atomic mass is 9.79. The van der Waals surface area contributed by atoms with Gasteiger partial charge < -0.3 is 14.3 Å². The molecule has 1 atom stereocenters. The summed E-state index contributed by atoms with van der Waals surface area (Å²) in [7, 11) is 0. The van der Waals surface area contributed by atoms with Gasteiger partial charge in [-0.15, -0.1) is 10.1 Å². The highest BCUT2D eigenvalue weighted by atomic mass is 17.0. The lowest BCUT2D eigenvalue weighted by Gasteiger charge is -2.37. The van der Waals surface area contributed by atoms with Gasteiger partial charge in [0.2, 0.25) is 0 Å². The first-order valence-electron chi connectivity index (χ1n) is 6.12. The van der Waals surface area contributed by atoms with E-state index in [2.05, 4.69) is 4.84 Å². The Bertz CT molecular complexity index is 321. The van der Waals surface area contributed by atoms with Crippen LogP contribution in [0.25, 0.3) is 0 Å².